The van der Waals surface area contributed by atoms with Crippen molar-refractivity contribution >= 4 is 0 Å². The Morgan fingerprint density at radius 3 is 2.67 bits per heavy atom. The van der Waals surface area contributed by atoms with E-state index in [1.807, 2.05) is 6.26 Å². The predicted octanol–water partition coefficient (Wildman–Crippen LogP) is 1.33. The van der Waals surface area contributed by atoms with Crippen molar-refractivity contribution in [3.05, 3.63) is 11.8 Å². The lowest BCUT2D eigenvalue weighted by molar-refractivity contribution is 0.0165. The molecule has 0 aromatic rings. The Kier molecular flexibility index (Phi) is 2.25. The molecule has 0 spiro atoms. The number of nitrogens with one attached hydrogen (secondary N) is 1. The molecular weight excluding hydrogens is 190 g/mol. The van der Waals surface area contributed by atoms with Gasteiger partial charge in [0, 0.05) is 12.1 Å². The molecule has 0 saturated carbocycles. The van der Waals surface area contributed by atoms with Gasteiger partial charge in [-0.1, -0.05) is 0 Å². The zero-order valence-corrected chi connectivity index (χ0v) is 9.04. The maximum Gasteiger partial charge on any atom is 0.0918 e. The first-order valence-electron chi connectivity index (χ1n) is 6.06. The maximum absolute atomic E-state index is 10.7. The van der Waals surface area contributed by atoms with E-state index in [2.05, 4.69) is 5.32 Å². The van der Waals surface area contributed by atoms with Crippen molar-refractivity contribution in [1.29, 1.82) is 0 Å². The van der Waals surface area contributed by atoms with Crippen molar-refractivity contribution in [3.8, 4) is 0 Å². The van der Waals surface area contributed by atoms with E-state index < -0.39 is 5.60 Å². The third-order valence-electron chi connectivity index (χ3n) is 4.03. The Morgan fingerprint density at radius 2 is 2.07 bits per heavy atom. The van der Waals surface area contributed by atoms with E-state index in [0.29, 0.717) is 12.1 Å². The first kappa shape index (κ1) is 9.67. The smallest absolute Gasteiger partial charge is 0.0918 e. The minimum Gasteiger partial charge on any atom is -0.501 e. The number of aliphatic hydroxyl groups is 1. The van der Waals surface area contributed by atoms with Crippen LogP contribution in [0, 0.1) is 0 Å². The lowest BCUT2D eigenvalue weighted by Crippen LogP contribution is -2.49. The summed E-state index contributed by atoms with van der Waals surface area (Å²) in [6, 6.07) is 1.05. The van der Waals surface area contributed by atoms with Crippen molar-refractivity contribution in [1.82, 2.24) is 5.32 Å². The highest BCUT2D eigenvalue weighted by Gasteiger charge is 2.44. The summed E-state index contributed by atoms with van der Waals surface area (Å²) in [5, 5.41) is 14.2. The highest BCUT2D eigenvalue weighted by atomic mass is 16.5. The summed E-state index contributed by atoms with van der Waals surface area (Å²) in [4.78, 5) is 0. The second-order valence-electron chi connectivity index (χ2n) is 5.20. The molecule has 2 unspecified atom stereocenters. The molecule has 2 atom stereocenters. The predicted molar refractivity (Wildman–Crippen MR) is 57.4 cm³/mol. The molecule has 2 saturated heterocycles. The van der Waals surface area contributed by atoms with Gasteiger partial charge in [0.1, 0.15) is 0 Å². The van der Waals surface area contributed by atoms with Gasteiger partial charge in [-0.3, -0.25) is 0 Å². The van der Waals surface area contributed by atoms with Gasteiger partial charge >= 0.3 is 0 Å². The number of fused-ring (bicyclic) bond motifs is 2. The molecule has 0 amide bonds. The molecule has 2 bridgehead atoms. The number of piperidine rings is 1. The number of ether oxygens (including phenoxy) is 1. The normalized spacial score (nSPS) is 44.7. The van der Waals surface area contributed by atoms with Gasteiger partial charge in [0.15, 0.2) is 0 Å². The lowest BCUT2D eigenvalue weighted by atomic mass is 9.79. The van der Waals surface area contributed by atoms with E-state index in [0.717, 1.165) is 37.9 Å². The standard InChI is InChI=1S/C12H19NO2/c14-12(9-2-1-5-15-8-9)6-10-3-4-11(7-12)13-10/h8,10-11,13-14H,1-7H2. The zero-order valence-electron chi connectivity index (χ0n) is 9.04. The SMILES string of the molecule is OC1(C2=COCCC2)CC2CCC(C1)N2. The average Bonchev–Trinajstić information content (AvgIpc) is 2.60. The Balaban J connectivity index is 1.81. The molecule has 3 aliphatic rings. The van der Waals surface area contributed by atoms with Crippen LogP contribution in [0.4, 0.5) is 0 Å². The molecule has 0 aromatic carbocycles. The number of hydrogen-bond donors (Lipinski definition) is 2. The van der Waals surface area contributed by atoms with E-state index in [-0.39, 0.29) is 0 Å². The summed E-state index contributed by atoms with van der Waals surface area (Å²) in [7, 11) is 0. The monoisotopic (exact) mass is 209 g/mol. The van der Waals surface area contributed by atoms with Crippen LogP contribution in [0.25, 0.3) is 0 Å². The second kappa shape index (κ2) is 3.49. The molecular formula is C12H19NO2. The summed E-state index contributed by atoms with van der Waals surface area (Å²) >= 11 is 0. The van der Waals surface area contributed by atoms with Crippen molar-refractivity contribution in [3.63, 3.8) is 0 Å². The largest absolute Gasteiger partial charge is 0.501 e. The van der Waals surface area contributed by atoms with Gasteiger partial charge < -0.3 is 15.2 Å². The Labute approximate surface area is 90.5 Å². The highest BCUT2D eigenvalue weighted by molar-refractivity contribution is 5.20. The van der Waals surface area contributed by atoms with Crippen LogP contribution in [-0.2, 0) is 4.74 Å². The minimum atomic E-state index is -0.572. The summed E-state index contributed by atoms with van der Waals surface area (Å²) in [6.07, 6.45) is 8.07. The molecule has 2 N–H and O–H groups in total. The van der Waals surface area contributed by atoms with Crippen LogP contribution in [-0.4, -0.2) is 29.4 Å². The van der Waals surface area contributed by atoms with E-state index in [1.54, 1.807) is 0 Å². The van der Waals surface area contributed by atoms with Gasteiger partial charge in [-0.05, 0) is 44.1 Å². The summed E-state index contributed by atoms with van der Waals surface area (Å²) < 4.78 is 5.35. The molecule has 3 heteroatoms. The van der Waals surface area contributed by atoms with Crippen LogP contribution >= 0.6 is 0 Å². The molecule has 3 aliphatic heterocycles. The molecule has 84 valence electrons. The minimum absolute atomic E-state index is 0.525. The Hall–Kier alpha value is -0.540. The van der Waals surface area contributed by atoms with Gasteiger partial charge in [0.05, 0.1) is 18.5 Å². The van der Waals surface area contributed by atoms with Gasteiger partial charge in [0.25, 0.3) is 0 Å². The fraction of sp³-hybridized carbons (Fsp3) is 0.833. The number of rotatable bonds is 1. The van der Waals surface area contributed by atoms with Crippen molar-refractivity contribution < 1.29 is 9.84 Å². The first-order valence-corrected chi connectivity index (χ1v) is 6.06. The maximum atomic E-state index is 10.7. The highest BCUT2D eigenvalue weighted by Crippen LogP contribution is 2.40. The van der Waals surface area contributed by atoms with E-state index >= 15 is 0 Å². The molecule has 0 aliphatic carbocycles. The second-order valence-corrected chi connectivity index (χ2v) is 5.20. The molecule has 15 heavy (non-hydrogen) atoms. The fourth-order valence-electron chi connectivity index (χ4n) is 3.29. The Bertz CT molecular complexity index is 275. The zero-order chi connectivity index (χ0) is 10.3. The number of hydrogen-bond acceptors (Lipinski definition) is 3. The topological polar surface area (TPSA) is 41.5 Å². The molecule has 0 aromatic heterocycles. The molecule has 0 radical (unpaired) electrons. The fourth-order valence-corrected chi connectivity index (χ4v) is 3.29. The van der Waals surface area contributed by atoms with Crippen LogP contribution in [0.5, 0.6) is 0 Å². The average molecular weight is 209 g/mol. The van der Waals surface area contributed by atoms with Crippen LogP contribution in [0.15, 0.2) is 11.8 Å². The summed E-state index contributed by atoms with van der Waals surface area (Å²) in [5.41, 5.74) is 0.560. The summed E-state index contributed by atoms with van der Waals surface area (Å²) in [6.45, 7) is 0.810. The van der Waals surface area contributed by atoms with Crippen LogP contribution in [0.3, 0.4) is 0 Å². The van der Waals surface area contributed by atoms with Crippen LogP contribution < -0.4 is 5.32 Å². The van der Waals surface area contributed by atoms with E-state index in [4.69, 9.17) is 4.74 Å². The Morgan fingerprint density at radius 1 is 1.33 bits per heavy atom. The third-order valence-corrected chi connectivity index (χ3v) is 4.03. The lowest BCUT2D eigenvalue weighted by Gasteiger charge is -2.39. The van der Waals surface area contributed by atoms with Gasteiger partial charge in [-0.15, -0.1) is 0 Å². The van der Waals surface area contributed by atoms with Crippen molar-refractivity contribution in [2.24, 2.45) is 0 Å². The van der Waals surface area contributed by atoms with Gasteiger partial charge in [-0.2, -0.15) is 0 Å². The molecule has 3 heterocycles. The third kappa shape index (κ3) is 1.68. The van der Waals surface area contributed by atoms with Crippen molar-refractivity contribution in [2.45, 2.75) is 56.2 Å². The van der Waals surface area contributed by atoms with E-state index in [9.17, 15) is 5.11 Å². The van der Waals surface area contributed by atoms with Crippen LogP contribution in [0.1, 0.15) is 38.5 Å². The quantitative estimate of drug-likeness (QED) is 0.684. The summed E-state index contributed by atoms with van der Waals surface area (Å²) in [5.74, 6) is 0. The van der Waals surface area contributed by atoms with Crippen molar-refractivity contribution in [2.75, 3.05) is 6.61 Å². The van der Waals surface area contributed by atoms with Gasteiger partial charge in [-0.25, -0.2) is 0 Å². The van der Waals surface area contributed by atoms with Crippen LogP contribution in [0.2, 0.25) is 0 Å². The molecule has 3 rings (SSSR count). The molecule has 2 fully saturated rings. The van der Waals surface area contributed by atoms with E-state index in [1.165, 1.54) is 12.8 Å². The van der Waals surface area contributed by atoms with Gasteiger partial charge in [0.2, 0.25) is 0 Å². The first-order chi connectivity index (χ1) is 7.26. The molecule has 3 nitrogen and oxygen atoms in total.